The molecule has 0 saturated heterocycles. The first-order chi connectivity index (χ1) is 11.9. The molecule has 3 atom stereocenters. The van der Waals surface area contributed by atoms with E-state index in [-0.39, 0.29) is 5.71 Å². The van der Waals surface area contributed by atoms with Gasteiger partial charge in [-0.1, -0.05) is 0 Å². The number of anilines is 1. The second-order valence-corrected chi connectivity index (χ2v) is 5.77. The first-order valence-electron chi connectivity index (χ1n) is 7.14. The average Bonchev–Trinajstić information content (AvgIpc) is 2.93. The van der Waals surface area contributed by atoms with Crippen LogP contribution in [0.15, 0.2) is 54.2 Å². The Labute approximate surface area is 155 Å². The molecule has 3 heterocycles. The molecule has 0 saturated carbocycles. The van der Waals surface area contributed by atoms with Crippen molar-refractivity contribution >= 4 is 34.4 Å². The van der Waals surface area contributed by atoms with Crippen LogP contribution in [-0.2, 0) is 3.07 Å². The monoisotopic (exact) mass is 464 g/mol. The molecule has 0 aromatic carbocycles. The molecular weight excluding hydrogens is 452 g/mol. The van der Waals surface area contributed by atoms with Gasteiger partial charge < -0.3 is 8.17 Å². The van der Waals surface area contributed by atoms with Crippen molar-refractivity contribution in [3.63, 3.8) is 0 Å². The molecule has 132 valence electrons. The molecule has 1 aliphatic heterocycles. The Kier molecular flexibility index (Phi) is 5.20. The molecule has 0 fully saturated rings. The maximum atomic E-state index is 13.4. The summed E-state index contributed by atoms with van der Waals surface area (Å²) in [5.74, 6) is -1.42. The summed E-state index contributed by atoms with van der Waals surface area (Å²) in [6.07, 6.45) is -2.61. The van der Waals surface area contributed by atoms with Crippen molar-refractivity contribution in [2.24, 2.45) is 11.0 Å². The quantitative estimate of drug-likeness (QED) is 0.706. The number of hydrazone groups is 1. The third kappa shape index (κ3) is 3.60. The number of hydrogen-bond donors (Lipinski definition) is 1. The van der Waals surface area contributed by atoms with Crippen molar-refractivity contribution in [3.05, 3.63) is 54.6 Å². The summed E-state index contributed by atoms with van der Waals surface area (Å²) in [6, 6.07) is 6.17. The third-order valence-corrected chi connectivity index (χ3v) is 4.30. The molecule has 1 aliphatic rings. The van der Waals surface area contributed by atoms with Crippen LogP contribution in [0.5, 0.6) is 0 Å². The minimum absolute atomic E-state index is 0.0747. The van der Waals surface area contributed by atoms with E-state index in [9.17, 15) is 18.3 Å². The number of rotatable bonds is 4. The van der Waals surface area contributed by atoms with Gasteiger partial charge in [0.15, 0.2) is 12.3 Å². The van der Waals surface area contributed by atoms with Crippen molar-refractivity contribution in [2.75, 3.05) is 5.01 Å². The van der Waals surface area contributed by atoms with Gasteiger partial charge in [0, 0.05) is 30.4 Å². The van der Waals surface area contributed by atoms with E-state index >= 15 is 0 Å². The number of aromatic nitrogens is 2. The normalized spacial score (nSPS) is 22.0. The van der Waals surface area contributed by atoms with Crippen LogP contribution in [0.4, 0.5) is 18.9 Å². The van der Waals surface area contributed by atoms with Gasteiger partial charge in [-0.05, 0) is 24.3 Å². The van der Waals surface area contributed by atoms with E-state index in [0.29, 0.717) is 11.3 Å². The van der Waals surface area contributed by atoms with E-state index in [4.69, 9.17) is 0 Å². The van der Waals surface area contributed by atoms with Crippen molar-refractivity contribution in [1.82, 2.24) is 9.97 Å². The molecule has 2 aromatic rings. The lowest BCUT2D eigenvalue weighted by Crippen LogP contribution is -2.47. The van der Waals surface area contributed by atoms with Crippen LogP contribution >= 0.6 is 23.0 Å². The molecule has 0 spiro atoms. The number of halogens is 4. The van der Waals surface area contributed by atoms with Crippen LogP contribution in [0, 0.1) is 5.92 Å². The van der Waals surface area contributed by atoms with Gasteiger partial charge in [0.05, 0.1) is 17.3 Å². The van der Waals surface area contributed by atoms with Crippen LogP contribution in [0.3, 0.4) is 0 Å². The number of alkyl halides is 3. The standard InChI is InChI=1S/C15H12F3IN4O2/c16-15(17,18)13(25-19)11-12(9-1-5-20-6-2-9)22-23(14(11)24)10-3-7-21-8-4-10/h1-8,11,13-14,24H. The highest BCUT2D eigenvalue weighted by atomic mass is 127. The summed E-state index contributed by atoms with van der Waals surface area (Å²) >= 11 is 1.20. The third-order valence-electron chi connectivity index (χ3n) is 3.75. The fraction of sp³-hybridized carbons (Fsp3) is 0.267. The molecule has 10 heteroatoms. The first kappa shape index (κ1) is 18.0. The maximum absolute atomic E-state index is 13.4. The molecule has 0 aliphatic carbocycles. The van der Waals surface area contributed by atoms with Gasteiger partial charge in [0.1, 0.15) is 23.0 Å². The van der Waals surface area contributed by atoms with Crippen LogP contribution in [0.2, 0.25) is 0 Å². The lowest BCUT2D eigenvalue weighted by Gasteiger charge is -2.29. The fourth-order valence-electron chi connectivity index (χ4n) is 2.62. The molecule has 25 heavy (non-hydrogen) atoms. The Bertz CT molecular complexity index is 745. The van der Waals surface area contributed by atoms with Crippen LogP contribution < -0.4 is 5.01 Å². The van der Waals surface area contributed by atoms with E-state index in [2.05, 4.69) is 18.1 Å². The summed E-state index contributed by atoms with van der Waals surface area (Å²) in [7, 11) is 0. The number of aliphatic hydroxyl groups is 1. The lowest BCUT2D eigenvalue weighted by atomic mass is 9.91. The van der Waals surface area contributed by atoms with Gasteiger partial charge in [0.25, 0.3) is 0 Å². The molecule has 0 radical (unpaired) electrons. The van der Waals surface area contributed by atoms with Gasteiger partial charge in [-0.2, -0.15) is 18.3 Å². The van der Waals surface area contributed by atoms with Crippen LogP contribution in [0.25, 0.3) is 0 Å². The van der Waals surface area contributed by atoms with E-state index in [1.54, 1.807) is 12.1 Å². The molecule has 3 rings (SSSR count). The van der Waals surface area contributed by atoms with Crippen molar-refractivity contribution < 1.29 is 21.3 Å². The first-order valence-corrected chi connectivity index (χ1v) is 8.02. The summed E-state index contributed by atoms with van der Waals surface area (Å²) in [5, 5.41) is 16.0. The summed E-state index contributed by atoms with van der Waals surface area (Å²) < 4.78 is 44.9. The SMILES string of the molecule is OC1C(C(OI)C(F)(F)F)C(c2ccncc2)=NN1c1ccncc1. The summed E-state index contributed by atoms with van der Waals surface area (Å²) in [5.41, 5.74) is 0.926. The number of nitrogens with zero attached hydrogens (tertiary/aromatic N) is 4. The minimum Gasteiger partial charge on any atom is -0.371 e. The zero-order chi connectivity index (χ0) is 18.0. The largest absolute Gasteiger partial charge is 0.416 e. The molecule has 1 N–H and O–H groups in total. The molecule has 2 aromatic heterocycles. The summed E-state index contributed by atoms with van der Waals surface area (Å²) in [6.45, 7) is 0. The van der Waals surface area contributed by atoms with E-state index in [1.807, 2.05) is 0 Å². The Morgan fingerprint density at radius 2 is 1.64 bits per heavy atom. The molecule has 0 bridgehead atoms. The Balaban J connectivity index is 2.08. The molecule has 0 amide bonds. The zero-order valence-corrected chi connectivity index (χ0v) is 14.7. The number of aliphatic hydroxyl groups excluding tert-OH is 1. The Morgan fingerprint density at radius 1 is 1.08 bits per heavy atom. The van der Waals surface area contributed by atoms with Gasteiger partial charge >= 0.3 is 6.18 Å². The molecule has 6 nitrogen and oxygen atoms in total. The van der Waals surface area contributed by atoms with Gasteiger partial charge in [-0.15, -0.1) is 0 Å². The highest BCUT2D eigenvalue weighted by molar-refractivity contribution is 14.1. The summed E-state index contributed by atoms with van der Waals surface area (Å²) in [4.78, 5) is 7.72. The van der Waals surface area contributed by atoms with Gasteiger partial charge in [0.2, 0.25) is 0 Å². The zero-order valence-electron chi connectivity index (χ0n) is 12.5. The second kappa shape index (κ2) is 7.22. The van der Waals surface area contributed by atoms with Gasteiger partial charge in [-0.3, -0.25) is 9.97 Å². The molecule has 3 unspecified atom stereocenters. The fourth-order valence-corrected chi connectivity index (χ4v) is 3.23. The average molecular weight is 464 g/mol. The maximum Gasteiger partial charge on any atom is 0.416 e. The van der Waals surface area contributed by atoms with Crippen molar-refractivity contribution in [1.29, 1.82) is 0 Å². The highest BCUT2D eigenvalue weighted by Crippen LogP contribution is 2.39. The van der Waals surface area contributed by atoms with Crippen molar-refractivity contribution in [3.8, 4) is 0 Å². The Hall–Kier alpha value is -1.79. The number of hydrogen-bond acceptors (Lipinski definition) is 6. The Morgan fingerprint density at radius 3 is 2.16 bits per heavy atom. The minimum atomic E-state index is -4.67. The predicted molar refractivity (Wildman–Crippen MR) is 91.9 cm³/mol. The van der Waals surface area contributed by atoms with Crippen LogP contribution in [-0.4, -0.2) is 39.3 Å². The van der Waals surface area contributed by atoms with E-state index in [0.717, 1.165) is 5.01 Å². The highest BCUT2D eigenvalue weighted by Gasteiger charge is 2.54. The van der Waals surface area contributed by atoms with Crippen LogP contribution in [0.1, 0.15) is 5.56 Å². The predicted octanol–water partition coefficient (Wildman–Crippen LogP) is 2.93. The van der Waals surface area contributed by atoms with Crippen molar-refractivity contribution in [2.45, 2.75) is 18.5 Å². The van der Waals surface area contributed by atoms with E-state index < -0.39 is 24.4 Å². The topological polar surface area (TPSA) is 70.8 Å². The van der Waals surface area contributed by atoms with Gasteiger partial charge in [-0.25, -0.2) is 5.01 Å². The smallest absolute Gasteiger partial charge is 0.371 e. The molecular formula is C15H12F3IN4O2. The second-order valence-electron chi connectivity index (χ2n) is 5.26. The number of pyridine rings is 2. The lowest BCUT2D eigenvalue weighted by molar-refractivity contribution is -0.201. The van der Waals surface area contributed by atoms with E-state index in [1.165, 1.54) is 59.9 Å².